The maximum Gasteiger partial charge on any atom is 0.294 e. The standard InChI is InChI=1S/C13H12N2O3/c1-8-7-12(18-15-8)13(17)14-11-6-4-3-5-10(11)9(2)16/h3-7H,1-2H3,(H,14,17). The predicted molar refractivity (Wildman–Crippen MR) is 65.6 cm³/mol. The first-order valence-electron chi connectivity index (χ1n) is 5.42. The lowest BCUT2D eigenvalue weighted by molar-refractivity contribution is 0.0988. The van der Waals surface area contributed by atoms with E-state index >= 15 is 0 Å². The van der Waals surface area contributed by atoms with E-state index < -0.39 is 5.91 Å². The molecule has 1 N–H and O–H groups in total. The topological polar surface area (TPSA) is 72.2 Å². The fourth-order valence-electron chi connectivity index (χ4n) is 1.55. The highest BCUT2D eigenvalue weighted by Gasteiger charge is 2.14. The third kappa shape index (κ3) is 2.45. The molecule has 1 heterocycles. The van der Waals surface area contributed by atoms with Crippen molar-refractivity contribution in [3.05, 3.63) is 47.3 Å². The molecule has 0 radical (unpaired) electrons. The van der Waals surface area contributed by atoms with Gasteiger partial charge in [-0.25, -0.2) is 0 Å². The minimum atomic E-state index is -0.427. The first-order valence-corrected chi connectivity index (χ1v) is 5.42. The fourth-order valence-corrected chi connectivity index (χ4v) is 1.55. The zero-order valence-corrected chi connectivity index (χ0v) is 10.1. The summed E-state index contributed by atoms with van der Waals surface area (Å²) in [4.78, 5) is 23.2. The van der Waals surface area contributed by atoms with Crippen molar-refractivity contribution in [3.8, 4) is 0 Å². The Morgan fingerprint density at radius 3 is 2.61 bits per heavy atom. The Morgan fingerprint density at radius 2 is 2.00 bits per heavy atom. The minimum Gasteiger partial charge on any atom is -0.351 e. The van der Waals surface area contributed by atoms with Crippen LogP contribution in [0.5, 0.6) is 0 Å². The highest BCUT2D eigenvalue weighted by atomic mass is 16.5. The molecule has 0 aliphatic heterocycles. The molecule has 1 aromatic carbocycles. The molecule has 0 fully saturated rings. The van der Waals surface area contributed by atoms with Crippen LogP contribution in [-0.4, -0.2) is 16.8 Å². The quantitative estimate of drug-likeness (QED) is 0.841. The summed E-state index contributed by atoms with van der Waals surface area (Å²) in [5.41, 5.74) is 1.55. The smallest absolute Gasteiger partial charge is 0.294 e. The highest BCUT2D eigenvalue weighted by Crippen LogP contribution is 2.16. The normalized spacial score (nSPS) is 10.1. The molecule has 18 heavy (non-hydrogen) atoms. The number of rotatable bonds is 3. The summed E-state index contributed by atoms with van der Waals surface area (Å²) < 4.78 is 4.85. The van der Waals surface area contributed by atoms with Crippen LogP contribution in [0.1, 0.15) is 33.5 Å². The summed E-state index contributed by atoms with van der Waals surface area (Å²) >= 11 is 0. The van der Waals surface area contributed by atoms with Crippen LogP contribution >= 0.6 is 0 Å². The number of nitrogens with one attached hydrogen (secondary N) is 1. The van der Waals surface area contributed by atoms with E-state index in [1.54, 1.807) is 31.2 Å². The fraction of sp³-hybridized carbons (Fsp3) is 0.154. The summed E-state index contributed by atoms with van der Waals surface area (Å²) in [6.07, 6.45) is 0. The van der Waals surface area contributed by atoms with Crippen molar-refractivity contribution < 1.29 is 14.1 Å². The molecule has 5 heteroatoms. The number of benzene rings is 1. The summed E-state index contributed by atoms with van der Waals surface area (Å²) in [5, 5.41) is 6.26. The average molecular weight is 244 g/mol. The van der Waals surface area contributed by atoms with Crippen molar-refractivity contribution in [3.63, 3.8) is 0 Å². The third-order valence-corrected chi connectivity index (χ3v) is 2.41. The van der Waals surface area contributed by atoms with Gasteiger partial charge >= 0.3 is 0 Å². The number of anilines is 1. The Hall–Kier alpha value is -2.43. The van der Waals surface area contributed by atoms with Crippen molar-refractivity contribution in [2.75, 3.05) is 5.32 Å². The first kappa shape index (κ1) is 12.0. The van der Waals surface area contributed by atoms with Crippen LogP contribution in [-0.2, 0) is 0 Å². The lowest BCUT2D eigenvalue weighted by Crippen LogP contribution is -2.13. The van der Waals surface area contributed by atoms with Crippen LogP contribution in [0.15, 0.2) is 34.9 Å². The monoisotopic (exact) mass is 244 g/mol. The van der Waals surface area contributed by atoms with E-state index in [-0.39, 0.29) is 11.5 Å². The number of hydrogen-bond donors (Lipinski definition) is 1. The van der Waals surface area contributed by atoms with Crippen LogP contribution in [0.25, 0.3) is 0 Å². The molecule has 1 aromatic heterocycles. The third-order valence-electron chi connectivity index (χ3n) is 2.41. The zero-order chi connectivity index (χ0) is 13.1. The lowest BCUT2D eigenvalue weighted by atomic mass is 10.1. The van der Waals surface area contributed by atoms with Crippen molar-refractivity contribution in [2.45, 2.75) is 13.8 Å². The molecule has 0 unspecified atom stereocenters. The van der Waals surface area contributed by atoms with Gasteiger partial charge in [-0.3, -0.25) is 9.59 Å². The van der Waals surface area contributed by atoms with Crippen molar-refractivity contribution in [1.29, 1.82) is 0 Å². The number of para-hydroxylation sites is 1. The maximum absolute atomic E-state index is 11.8. The van der Waals surface area contributed by atoms with Crippen molar-refractivity contribution >= 4 is 17.4 Å². The first-order chi connectivity index (χ1) is 8.58. The van der Waals surface area contributed by atoms with Gasteiger partial charge in [-0.05, 0) is 26.0 Å². The minimum absolute atomic E-state index is 0.111. The van der Waals surface area contributed by atoms with Gasteiger partial charge in [0.15, 0.2) is 5.78 Å². The number of Topliss-reactive ketones (excluding diaryl/α,β-unsaturated/α-hetero) is 1. The second kappa shape index (κ2) is 4.83. The molecule has 0 atom stereocenters. The van der Waals surface area contributed by atoms with Gasteiger partial charge in [0.1, 0.15) is 0 Å². The Kier molecular flexibility index (Phi) is 3.23. The van der Waals surface area contributed by atoms with E-state index in [4.69, 9.17) is 4.52 Å². The summed E-state index contributed by atoms with van der Waals surface area (Å²) in [5.74, 6) is -0.421. The van der Waals surface area contributed by atoms with Gasteiger partial charge in [-0.15, -0.1) is 0 Å². The number of ketones is 1. The molecule has 0 saturated carbocycles. The highest BCUT2D eigenvalue weighted by molar-refractivity contribution is 6.07. The molecule has 0 saturated heterocycles. The molecule has 92 valence electrons. The Balaban J connectivity index is 2.24. The van der Waals surface area contributed by atoms with Gasteiger partial charge in [0, 0.05) is 11.6 Å². The Labute approximate surface area is 104 Å². The van der Waals surface area contributed by atoms with Gasteiger partial charge in [0.05, 0.1) is 11.4 Å². The van der Waals surface area contributed by atoms with E-state index in [9.17, 15) is 9.59 Å². The number of aryl methyl sites for hydroxylation is 1. The van der Waals surface area contributed by atoms with E-state index in [1.165, 1.54) is 13.0 Å². The molecule has 1 amide bonds. The maximum atomic E-state index is 11.8. The lowest BCUT2D eigenvalue weighted by Gasteiger charge is -2.06. The van der Waals surface area contributed by atoms with Gasteiger partial charge in [0.2, 0.25) is 5.76 Å². The molecule has 0 spiro atoms. The molecule has 0 aliphatic carbocycles. The average Bonchev–Trinajstić information content (AvgIpc) is 2.76. The summed E-state index contributed by atoms with van der Waals surface area (Å²) in [6, 6.07) is 8.34. The number of hydrogen-bond acceptors (Lipinski definition) is 4. The van der Waals surface area contributed by atoms with Crippen molar-refractivity contribution in [1.82, 2.24) is 5.16 Å². The molecule has 0 bridgehead atoms. The number of aromatic nitrogens is 1. The van der Waals surface area contributed by atoms with E-state index in [2.05, 4.69) is 10.5 Å². The van der Waals surface area contributed by atoms with Crippen LogP contribution < -0.4 is 5.32 Å². The molecule has 2 aromatic rings. The van der Waals surface area contributed by atoms with Gasteiger partial charge in [0.25, 0.3) is 5.91 Å². The predicted octanol–water partition coefficient (Wildman–Crippen LogP) is 2.44. The van der Waals surface area contributed by atoms with Crippen LogP contribution in [0.2, 0.25) is 0 Å². The van der Waals surface area contributed by atoms with Crippen molar-refractivity contribution in [2.24, 2.45) is 0 Å². The Bertz CT molecular complexity index is 602. The molecular weight excluding hydrogens is 232 g/mol. The van der Waals surface area contributed by atoms with E-state index in [0.29, 0.717) is 16.9 Å². The summed E-state index contributed by atoms with van der Waals surface area (Å²) in [6.45, 7) is 3.17. The number of carbonyl (C=O) groups excluding carboxylic acids is 2. The van der Waals surface area contributed by atoms with E-state index in [0.717, 1.165) is 0 Å². The molecule has 5 nitrogen and oxygen atoms in total. The van der Waals surface area contributed by atoms with Gasteiger partial charge in [-0.1, -0.05) is 17.3 Å². The van der Waals surface area contributed by atoms with Crippen LogP contribution in [0.4, 0.5) is 5.69 Å². The number of amides is 1. The molecule has 0 aliphatic rings. The van der Waals surface area contributed by atoms with Crippen LogP contribution in [0.3, 0.4) is 0 Å². The van der Waals surface area contributed by atoms with Gasteiger partial charge in [-0.2, -0.15) is 0 Å². The number of carbonyl (C=O) groups is 2. The SMILES string of the molecule is CC(=O)c1ccccc1NC(=O)c1cc(C)no1. The van der Waals surface area contributed by atoms with Gasteiger partial charge < -0.3 is 9.84 Å². The molecule has 2 rings (SSSR count). The number of nitrogens with zero attached hydrogens (tertiary/aromatic N) is 1. The van der Waals surface area contributed by atoms with E-state index in [1.807, 2.05) is 0 Å². The second-order valence-electron chi connectivity index (χ2n) is 3.89. The second-order valence-corrected chi connectivity index (χ2v) is 3.89. The largest absolute Gasteiger partial charge is 0.351 e. The molecular formula is C13H12N2O3. The summed E-state index contributed by atoms with van der Waals surface area (Å²) in [7, 11) is 0. The Morgan fingerprint density at radius 1 is 1.28 bits per heavy atom. The zero-order valence-electron chi connectivity index (χ0n) is 10.1. The van der Waals surface area contributed by atoms with Crippen LogP contribution in [0, 0.1) is 6.92 Å².